The molecule has 3 heteroatoms. The molecule has 1 aromatic carbocycles. The van der Waals surface area contributed by atoms with Crippen molar-refractivity contribution in [3.05, 3.63) is 24.3 Å². The number of piperazine rings is 1. The van der Waals surface area contributed by atoms with E-state index in [4.69, 9.17) is 0 Å². The third kappa shape index (κ3) is 2.96. The van der Waals surface area contributed by atoms with Crippen LogP contribution in [-0.4, -0.2) is 51.2 Å². The Bertz CT molecular complexity index is 349. The number of benzene rings is 1. The Balaban J connectivity index is 2.03. The van der Waals surface area contributed by atoms with E-state index in [2.05, 4.69) is 59.9 Å². The Morgan fingerprint density at radius 2 is 1.50 bits per heavy atom. The number of hydrogen-bond acceptors (Lipinski definition) is 3. The van der Waals surface area contributed by atoms with Crippen molar-refractivity contribution in [2.24, 2.45) is 0 Å². The summed E-state index contributed by atoms with van der Waals surface area (Å²) >= 11 is 0. The Morgan fingerprint density at radius 1 is 0.944 bits per heavy atom. The van der Waals surface area contributed by atoms with Crippen LogP contribution in [0.4, 0.5) is 11.4 Å². The maximum Gasteiger partial charge on any atom is 0.0368 e. The highest BCUT2D eigenvalue weighted by Gasteiger charge is 2.14. The molecule has 0 aromatic heterocycles. The quantitative estimate of drug-likeness (QED) is 0.808. The van der Waals surface area contributed by atoms with Gasteiger partial charge >= 0.3 is 0 Å². The molecule has 1 aliphatic rings. The smallest absolute Gasteiger partial charge is 0.0368 e. The fourth-order valence-electron chi connectivity index (χ4n) is 2.53. The summed E-state index contributed by atoms with van der Waals surface area (Å²) in [7, 11) is 2.20. The van der Waals surface area contributed by atoms with Crippen LogP contribution < -0.4 is 9.80 Å². The summed E-state index contributed by atoms with van der Waals surface area (Å²) in [5.41, 5.74) is 2.69. The lowest BCUT2D eigenvalue weighted by molar-refractivity contribution is 0.313. The van der Waals surface area contributed by atoms with Gasteiger partial charge in [0.2, 0.25) is 0 Å². The van der Waals surface area contributed by atoms with E-state index < -0.39 is 0 Å². The van der Waals surface area contributed by atoms with Gasteiger partial charge in [0.05, 0.1) is 0 Å². The minimum absolute atomic E-state index is 1.07. The number of anilines is 2. The van der Waals surface area contributed by atoms with Crippen molar-refractivity contribution in [3.8, 4) is 0 Å². The van der Waals surface area contributed by atoms with Crippen LogP contribution >= 0.6 is 0 Å². The van der Waals surface area contributed by atoms with Crippen LogP contribution in [0.25, 0.3) is 0 Å². The molecule has 18 heavy (non-hydrogen) atoms. The molecular weight excluding hydrogens is 222 g/mol. The fraction of sp³-hybridized carbons (Fsp3) is 0.600. The SMILES string of the molecule is CCN(CC)c1ccc(N2CCN(C)CC2)cc1. The lowest BCUT2D eigenvalue weighted by Gasteiger charge is -2.34. The summed E-state index contributed by atoms with van der Waals surface area (Å²) in [6.45, 7) is 11.2. The topological polar surface area (TPSA) is 9.72 Å². The van der Waals surface area contributed by atoms with E-state index in [-0.39, 0.29) is 0 Å². The predicted molar refractivity (Wildman–Crippen MR) is 79.7 cm³/mol. The van der Waals surface area contributed by atoms with Gasteiger partial charge in [-0.1, -0.05) is 0 Å². The van der Waals surface area contributed by atoms with E-state index in [9.17, 15) is 0 Å². The van der Waals surface area contributed by atoms with Gasteiger partial charge in [-0.2, -0.15) is 0 Å². The van der Waals surface area contributed by atoms with Crippen LogP contribution in [0.15, 0.2) is 24.3 Å². The van der Waals surface area contributed by atoms with E-state index >= 15 is 0 Å². The molecule has 100 valence electrons. The first-order chi connectivity index (χ1) is 8.74. The lowest BCUT2D eigenvalue weighted by Crippen LogP contribution is -2.44. The number of nitrogens with zero attached hydrogens (tertiary/aromatic N) is 3. The third-order valence-corrected chi connectivity index (χ3v) is 3.85. The van der Waals surface area contributed by atoms with Gasteiger partial charge in [0.25, 0.3) is 0 Å². The molecule has 0 atom stereocenters. The van der Waals surface area contributed by atoms with Crippen molar-refractivity contribution >= 4 is 11.4 Å². The zero-order valence-corrected chi connectivity index (χ0v) is 11.9. The molecule has 2 rings (SSSR count). The molecule has 0 unspecified atom stereocenters. The molecule has 1 aliphatic heterocycles. The van der Waals surface area contributed by atoms with E-state index in [0.29, 0.717) is 0 Å². The standard InChI is InChI=1S/C15H25N3/c1-4-17(5-2)14-6-8-15(9-7-14)18-12-10-16(3)11-13-18/h6-9H,4-5,10-13H2,1-3H3. The van der Waals surface area contributed by atoms with Crippen molar-refractivity contribution in [2.75, 3.05) is 56.1 Å². The largest absolute Gasteiger partial charge is 0.372 e. The molecule has 0 N–H and O–H groups in total. The van der Waals surface area contributed by atoms with E-state index in [1.165, 1.54) is 11.4 Å². The second-order valence-corrected chi connectivity index (χ2v) is 4.98. The molecule has 0 saturated carbocycles. The van der Waals surface area contributed by atoms with Crippen LogP contribution in [0.5, 0.6) is 0 Å². The van der Waals surface area contributed by atoms with Gasteiger partial charge in [0.15, 0.2) is 0 Å². The van der Waals surface area contributed by atoms with Crippen LogP contribution in [0.2, 0.25) is 0 Å². The second kappa shape index (κ2) is 6.10. The van der Waals surface area contributed by atoms with Gasteiger partial charge in [-0.25, -0.2) is 0 Å². The minimum Gasteiger partial charge on any atom is -0.372 e. The molecule has 1 aromatic rings. The third-order valence-electron chi connectivity index (χ3n) is 3.85. The van der Waals surface area contributed by atoms with Crippen LogP contribution in [0.1, 0.15) is 13.8 Å². The van der Waals surface area contributed by atoms with Gasteiger partial charge in [-0.15, -0.1) is 0 Å². The predicted octanol–water partition coefficient (Wildman–Crippen LogP) is 2.28. The van der Waals surface area contributed by atoms with Crippen molar-refractivity contribution in [1.82, 2.24) is 4.90 Å². The Kier molecular flexibility index (Phi) is 4.48. The van der Waals surface area contributed by atoms with E-state index in [1.807, 2.05) is 0 Å². The first-order valence-electron chi connectivity index (χ1n) is 7.03. The number of likely N-dealkylation sites (N-methyl/N-ethyl adjacent to an activating group) is 1. The van der Waals surface area contributed by atoms with Crippen molar-refractivity contribution in [1.29, 1.82) is 0 Å². The van der Waals surface area contributed by atoms with Crippen molar-refractivity contribution in [3.63, 3.8) is 0 Å². The van der Waals surface area contributed by atoms with Gasteiger partial charge in [-0.3, -0.25) is 0 Å². The van der Waals surface area contributed by atoms with Crippen LogP contribution in [0, 0.1) is 0 Å². The monoisotopic (exact) mass is 247 g/mol. The fourth-order valence-corrected chi connectivity index (χ4v) is 2.53. The zero-order valence-electron chi connectivity index (χ0n) is 11.9. The van der Waals surface area contributed by atoms with Crippen molar-refractivity contribution < 1.29 is 0 Å². The maximum atomic E-state index is 2.48. The Hall–Kier alpha value is -1.22. The summed E-state index contributed by atoms with van der Waals surface area (Å²) in [6, 6.07) is 9.03. The molecule has 0 aliphatic carbocycles. The van der Waals surface area contributed by atoms with Crippen LogP contribution in [-0.2, 0) is 0 Å². The zero-order chi connectivity index (χ0) is 13.0. The summed E-state index contributed by atoms with van der Waals surface area (Å²) in [5.74, 6) is 0. The molecule has 0 radical (unpaired) electrons. The summed E-state index contributed by atoms with van der Waals surface area (Å²) in [5, 5.41) is 0. The molecule has 1 fully saturated rings. The molecule has 0 amide bonds. The maximum absolute atomic E-state index is 2.48. The summed E-state index contributed by atoms with van der Waals surface area (Å²) < 4.78 is 0. The van der Waals surface area contributed by atoms with Gasteiger partial charge in [0.1, 0.15) is 0 Å². The molecule has 0 bridgehead atoms. The average Bonchev–Trinajstić information content (AvgIpc) is 2.42. The summed E-state index contributed by atoms with van der Waals surface area (Å²) in [6.07, 6.45) is 0. The summed E-state index contributed by atoms with van der Waals surface area (Å²) in [4.78, 5) is 7.25. The Labute approximate surface area is 111 Å². The first kappa shape index (κ1) is 13.2. The highest BCUT2D eigenvalue weighted by molar-refractivity contribution is 5.56. The van der Waals surface area contributed by atoms with E-state index in [1.54, 1.807) is 0 Å². The molecule has 0 spiro atoms. The molecular formula is C15H25N3. The molecule has 3 nitrogen and oxygen atoms in total. The highest BCUT2D eigenvalue weighted by Crippen LogP contribution is 2.21. The number of hydrogen-bond donors (Lipinski definition) is 0. The molecule has 1 heterocycles. The van der Waals surface area contributed by atoms with Crippen LogP contribution in [0.3, 0.4) is 0 Å². The van der Waals surface area contributed by atoms with Crippen molar-refractivity contribution in [2.45, 2.75) is 13.8 Å². The minimum atomic E-state index is 1.07. The van der Waals surface area contributed by atoms with Gasteiger partial charge in [0, 0.05) is 50.6 Å². The second-order valence-electron chi connectivity index (χ2n) is 4.98. The first-order valence-corrected chi connectivity index (χ1v) is 7.03. The highest BCUT2D eigenvalue weighted by atomic mass is 15.2. The molecule has 1 saturated heterocycles. The van der Waals surface area contributed by atoms with E-state index in [0.717, 1.165) is 39.3 Å². The average molecular weight is 247 g/mol. The lowest BCUT2D eigenvalue weighted by atomic mass is 10.2. The van der Waals surface area contributed by atoms with Gasteiger partial charge < -0.3 is 14.7 Å². The normalized spacial score (nSPS) is 16.9. The number of rotatable bonds is 4. The Morgan fingerprint density at radius 3 is 2.00 bits per heavy atom. The van der Waals surface area contributed by atoms with Gasteiger partial charge in [-0.05, 0) is 45.2 Å².